The minimum Gasteiger partial charge on any atom is -0.479 e. The van der Waals surface area contributed by atoms with Crippen LogP contribution in [0, 0.1) is 0 Å². The van der Waals surface area contributed by atoms with Gasteiger partial charge in [0.05, 0.1) is 0 Å². The Kier molecular flexibility index (Phi) is 3.22. The molecule has 0 aliphatic carbocycles. The van der Waals surface area contributed by atoms with Crippen molar-refractivity contribution in [1.82, 2.24) is 0 Å². The Morgan fingerprint density at radius 1 is 1.67 bits per heavy atom. The SMILES string of the molecule is CC(OB(O)O)C(=O)O. The molecule has 0 radical (unpaired) electrons. The fourth-order valence-corrected chi connectivity index (χ4v) is 0.241. The zero-order valence-corrected chi connectivity index (χ0v) is 4.81. The van der Waals surface area contributed by atoms with Gasteiger partial charge in [0.15, 0.2) is 0 Å². The number of hydrogen-bond donors (Lipinski definition) is 3. The second-order valence-corrected chi connectivity index (χ2v) is 1.44. The summed E-state index contributed by atoms with van der Waals surface area (Å²) >= 11 is 0. The molecule has 1 atom stereocenters. The minimum atomic E-state index is -2.02. The number of rotatable bonds is 3. The lowest BCUT2D eigenvalue weighted by Crippen LogP contribution is -2.29. The van der Waals surface area contributed by atoms with Gasteiger partial charge in [0.2, 0.25) is 0 Å². The van der Waals surface area contributed by atoms with E-state index < -0.39 is 19.4 Å². The van der Waals surface area contributed by atoms with Crippen molar-refractivity contribution in [2.24, 2.45) is 0 Å². The summed E-state index contributed by atoms with van der Waals surface area (Å²) in [7, 11) is -2.02. The van der Waals surface area contributed by atoms with E-state index in [1.54, 1.807) is 0 Å². The maximum atomic E-state index is 9.89. The molecule has 0 fully saturated rings. The summed E-state index contributed by atoms with van der Waals surface area (Å²) in [5.74, 6) is -1.23. The average Bonchev–Trinajstić information content (AvgIpc) is 1.63. The van der Waals surface area contributed by atoms with E-state index in [2.05, 4.69) is 4.65 Å². The zero-order chi connectivity index (χ0) is 7.44. The Labute approximate surface area is 52.1 Å². The topological polar surface area (TPSA) is 87.0 Å². The van der Waals surface area contributed by atoms with Crippen molar-refractivity contribution in [2.75, 3.05) is 0 Å². The third kappa shape index (κ3) is 3.95. The maximum Gasteiger partial charge on any atom is 0.634 e. The van der Waals surface area contributed by atoms with E-state index in [4.69, 9.17) is 15.2 Å². The molecule has 6 heteroatoms. The van der Waals surface area contributed by atoms with Crippen LogP contribution in [-0.4, -0.2) is 34.5 Å². The Balaban J connectivity index is 3.50. The Morgan fingerprint density at radius 3 is 2.22 bits per heavy atom. The Morgan fingerprint density at radius 2 is 2.11 bits per heavy atom. The molecule has 3 N–H and O–H groups in total. The number of carboxylic acids is 1. The average molecular weight is 134 g/mol. The highest BCUT2D eigenvalue weighted by molar-refractivity contribution is 6.33. The van der Waals surface area contributed by atoms with E-state index in [9.17, 15) is 4.79 Å². The highest BCUT2D eigenvalue weighted by atomic mass is 16.6. The molecule has 52 valence electrons. The molecule has 9 heavy (non-hydrogen) atoms. The van der Waals surface area contributed by atoms with Gasteiger partial charge < -0.3 is 19.8 Å². The van der Waals surface area contributed by atoms with Crippen molar-refractivity contribution in [3.05, 3.63) is 0 Å². The van der Waals surface area contributed by atoms with Gasteiger partial charge in [0.25, 0.3) is 0 Å². The van der Waals surface area contributed by atoms with Crippen molar-refractivity contribution in [2.45, 2.75) is 13.0 Å². The molecule has 0 aliphatic rings. The van der Waals surface area contributed by atoms with Crippen LogP contribution in [0.1, 0.15) is 6.92 Å². The van der Waals surface area contributed by atoms with E-state index in [0.717, 1.165) is 0 Å². The fourth-order valence-electron chi connectivity index (χ4n) is 0.241. The summed E-state index contributed by atoms with van der Waals surface area (Å²) in [4.78, 5) is 9.89. The summed E-state index contributed by atoms with van der Waals surface area (Å²) in [5, 5.41) is 24.2. The van der Waals surface area contributed by atoms with Crippen molar-refractivity contribution >= 4 is 13.3 Å². The summed E-state index contributed by atoms with van der Waals surface area (Å²) in [5.41, 5.74) is 0. The molecule has 0 rings (SSSR count). The second-order valence-electron chi connectivity index (χ2n) is 1.44. The molecule has 0 saturated carbocycles. The fraction of sp³-hybridized carbons (Fsp3) is 0.667. The normalized spacial score (nSPS) is 12.8. The lowest BCUT2D eigenvalue weighted by atomic mass is 10.2. The Hall–Kier alpha value is -0.585. The van der Waals surface area contributed by atoms with Gasteiger partial charge in [0.1, 0.15) is 6.10 Å². The van der Waals surface area contributed by atoms with Crippen LogP contribution < -0.4 is 0 Å². The maximum absolute atomic E-state index is 9.89. The first-order chi connectivity index (χ1) is 4.04. The number of carboxylic acid groups (broad SMARTS) is 1. The lowest BCUT2D eigenvalue weighted by Gasteiger charge is -2.05. The van der Waals surface area contributed by atoms with Crippen LogP contribution in [-0.2, 0) is 9.45 Å². The van der Waals surface area contributed by atoms with Crippen molar-refractivity contribution in [3.8, 4) is 0 Å². The third-order valence-corrected chi connectivity index (χ3v) is 0.674. The third-order valence-electron chi connectivity index (χ3n) is 0.674. The summed E-state index contributed by atoms with van der Waals surface area (Å²) in [6.07, 6.45) is -1.19. The van der Waals surface area contributed by atoms with Crippen LogP contribution in [0.2, 0.25) is 0 Å². The predicted molar refractivity (Wildman–Crippen MR) is 28.4 cm³/mol. The van der Waals surface area contributed by atoms with Gasteiger partial charge in [-0.15, -0.1) is 0 Å². The second kappa shape index (κ2) is 3.44. The molecular weight excluding hydrogens is 127 g/mol. The van der Waals surface area contributed by atoms with E-state index in [0.29, 0.717) is 0 Å². The van der Waals surface area contributed by atoms with Crippen LogP contribution in [0.3, 0.4) is 0 Å². The van der Waals surface area contributed by atoms with E-state index in [1.165, 1.54) is 6.92 Å². The number of hydrogen-bond acceptors (Lipinski definition) is 4. The smallest absolute Gasteiger partial charge is 0.479 e. The van der Waals surface area contributed by atoms with Gasteiger partial charge >= 0.3 is 13.3 Å². The molecular formula is C3H7BO5. The van der Waals surface area contributed by atoms with Crippen molar-refractivity contribution in [3.63, 3.8) is 0 Å². The first-order valence-electron chi connectivity index (χ1n) is 2.28. The first-order valence-corrected chi connectivity index (χ1v) is 2.28. The number of aliphatic carboxylic acids is 1. The molecule has 0 spiro atoms. The van der Waals surface area contributed by atoms with Gasteiger partial charge in [-0.2, -0.15) is 0 Å². The molecule has 0 heterocycles. The standard InChI is InChI=1S/C3H7BO5/c1-2(3(5)6)9-4(7)8/h2,7-8H,1H3,(H,5,6). The van der Waals surface area contributed by atoms with Crippen LogP contribution in [0.4, 0.5) is 0 Å². The molecule has 0 saturated heterocycles. The molecule has 5 nitrogen and oxygen atoms in total. The van der Waals surface area contributed by atoms with E-state index >= 15 is 0 Å². The Bertz CT molecular complexity index is 102. The monoisotopic (exact) mass is 134 g/mol. The van der Waals surface area contributed by atoms with Crippen LogP contribution in [0.5, 0.6) is 0 Å². The van der Waals surface area contributed by atoms with E-state index in [-0.39, 0.29) is 0 Å². The molecule has 0 bridgehead atoms. The van der Waals surface area contributed by atoms with Gasteiger partial charge in [-0.1, -0.05) is 0 Å². The summed E-state index contributed by atoms with van der Waals surface area (Å²) in [6, 6.07) is 0. The highest BCUT2D eigenvalue weighted by Gasteiger charge is 2.18. The van der Waals surface area contributed by atoms with Crippen molar-refractivity contribution in [1.29, 1.82) is 0 Å². The zero-order valence-electron chi connectivity index (χ0n) is 4.81. The summed E-state index contributed by atoms with van der Waals surface area (Å²) < 4.78 is 4.02. The van der Waals surface area contributed by atoms with Crippen molar-refractivity contribution < 1.29 is 24.6 Å². The van der Waals surface area contributed by atoms with Crippen LogP contribution in [0.25, 0.3) is 0 Å². The van der Waals surface area contributed by atoms with Gasteiger partial charge in [-0.25, -0.2) is 4.79 Å². The number of carbonyl (C=O) groups is 1. The molecule has 0 amide bonds. The largest absolute Gasteiger partial charge is 0.634 e. The first kappa shape index (κ1) is 8.41. The predicted octanol–water partition coefficient (Wildman–Crippen LogP) is -1.55. The molecule has 0 aromatic heterocycles. The van der Waals surface area contributed by atoms with Crippen LogP contribution >= 0.6 is 0 Å². The lowest BCUT2D eigenvalue weighted by molar-refractivity contribution is -0.145. The molecule has 0 aromatic rings. The van der Waals surface area contributed by atoms with E-state index in [1.807, 2.05) is 0 Å². The summed E-state index contributed by atoms with van der Waals surface area (Å²) in [6.45, 7) is 1.20. The molecule has 0 aliphatic heterocycles. The quantitative estimate of drug-likeness (QED) is 0.406. The highest BCUT2D eigenvalue weighted by Crippen LogP contribution is 1.89. The molecule has 0 aromatic carbocycles. The van der Waals surface area contributed by atoms with Gasteiger partial charge in [0, 0.05) is 0 Å². The van der Waals surface area contributed by atoms with Crippen LogP contribution in [0.15, 0.2) is 0 Å². The van der Waals surface area contributed by atoms with Gasteiger partial charge in [-0.05, 0) is 6.92 Å². The van der Waals surface area contributed by atoms with Gasteiger partial charge in [-0.3, -0.25) is 0 Å². The minimum absolute atomic E-state index is 1.19. The molecule has 1 unspecified atom stereocenters.